The number of benzene rings is 1. The van der Waals surface area contributed by atoms with Gasteiger partial charge in [-0.3, -0.25) is 14.3 Å². The van der Waals surface area contributed by atoms with Crippen LogP contribution in [-0.4, -0.2) is 33.8 Å². The van der Waals surface area contributed by atoms with Crippen molar-refractivity contribution in [3.05, 3.63) is 45.2 Å². The Hall–Kier alpha value is -1.89. The van der Waals surface area contributed by atoms with Crippen LogP contribution in [-0.2, 0) is 20.9 Å². The van der Waals surface area contributed by atoms with E-state index in [2.05, 4.69) is 5.10 Å². The van der Waals surface area contributed by atoms with Crippen LogP contribution in [0.25, 0.3) is 0 Å². The van der Waals surface area contributed by atoms with Crippen LogP contribution in [0, 0.1) is 25.7 Å². The van der Waals surface area contributed by atoms with E-state index in [1.54, 1.807) is 16.8 Å². The molecule has 0 radical (unpaired) electrons. The lowest BCUT2D eigenvalue weighted by molar-refractivity contribution is -0.124. The molecule has 3 saturated heterocycles. The SMILES string of the molecule is Cc1nn(Cc2ccc(Cl)cc2Cl)c(C)c1N1C(=O)C2C3CCC(O3)C2C1=O. The van der Waals surface area contributed by atoms with Crippen molar-refractivity contribution >= 4 is 40.7 Å². The Morgan fingerprint density at radius 1 is 1.11 bits per heavy atom. The van der Waals surface area contributed by atoms with Crippen LogP contribution in [0.5, 0.6) is 0 Å². The number of fused-ring (bicyclic) bond motifs is 5. The van der Waals surface area contributed by atoms with Crippen molar-refractivity contribution in [2.75, 3.05) is 4.90 Å². The summed E-state index contributed by atoms with van der Waals surface area (Å²) in [5.41, 5.74) is 2.87. The lowest BCUT2D eigenvalue weighted by atomic mass is 9.81. The van der Waals surface area contributed by atoms with Gasteiger partial charge in [0.05, 0.1) is 47.7 Å². The van der Waals surface area contributed by atoms with E-state index in [4.69, 9.17) is 27.9 Å². The second-order valence-corrected chi connectivity index (χ2v) is 8.61. The minimum atomic E-state index is -0.348. The van der Waals surface area contributed by atoms with Gasteiger partial charge in [0.1, 0.15) is 0 Å². The summed E-state index contributed by atoms with van der Waals surface area (Å²) in [4.78, 5) is 27.6. The fourth-order valence-electron chi connectivity index (χ4n) is 4.91. The molecule has 5 rings (SSSR count). The number of halogens is 2. The Labute approximate surface area is 172 Å². The van der Waals surface area contributed by atoms with Crippen molar-refractivity contribution in [1.82, 2.24) is 9.78 Å². The highest BCUT2D eigenvalue weighted by atomic mass is 35.5. The Kier molecular flexibility index (Phi) is 4.09. The first kappa shape index (κ1) is 18.2. The third-order valence-corrected chi connectivity index (χ3v) is 6.77. The van der Waals surface area contributed by atoms with Gasteiger partial charge in [-0.05, 0) is 44.4 Å². The van der Waals surface area contributed by atoms with Crippen LogP contribution in [0.4, 0.5) is 5.69 Å². The number of hydrogen-bond acceptors (Lipinski definition) is 4. The zero-order valence-electron chi connectivity index (χ0n) is 15.5. The molecule has 6 nitrogen and oxygen atoms in total. The summed E-state index contributed by atoms with van der Waals surface area (Å²) < 4.78 is 7.59. The number of hydrogen-bond donors (Lipinski definition) is 0. The fourth-order valence-corrected chi connectivity index (χ4v) is 5.38. The molecule has 8 heteroatoms. The van der Waals surface area contributed by atoms with E-state index in [9.17, 15) is 9.59 Å². The van der Waals surface area contributed by atoms with Crippen molar-refractivity contribution in [3.8, 4) is 0 Å². The van der Waals surface area contributed by atoms with Crippen molar-refractivity contribution in [2.45, 2.75) is 45.4 Å². The van der Waals surface area contributed by atoms with Gasteiger partial charge < -0.3 is 4.74 Å². The molecule has 2 aromatic rings. The van der Waals surface area contributed by atoms with Crippen LogP contribution in [0.2, 0.25) is 10.0 Å². The predicted molar refractivity (Wildman–Crippen MR) is 105 cm³/mol. The summed E-state index contributed by atoms with van der Waals surface area (Å²) in [6.45, 7) is 4.13. The maximum atomic E-state index is 13.1. The zero-order chi connectivity index (χ0) is 19.7. The lowest BCUT2D eigenvalue weighted by Crippen LogP contribution is -2.35. The molecule has 3 aliphatic rings. The first-order valence-electron chi connectivity index (χ1n) is 9.38. The van der Waals surface area contributed by atoms with Gasteiger partial charge >= 0.3 is 0 Å². The van der Waals surface area contributed by atoms with E-state index < -0.39 is 0 Å². The summed E-state index contributed by atoms with van der Waals surface area (Å²) in [5, 5.41) is 5.70. The minimum Gasteiger partial charge on any atom is -0.373 e. The molecule has 0 aliphatic carbocycles. The van der Waals surface area contributed by atoms with Crippen LogP contribution in [0.3, 0.4) is 0 Å². The van der Waals surface area contributed by atoms with Crippen molar-refractivity contribution in [2.24, 2.45) is 11.8 Å². The highest BCUT2D eigenvalue weighted by Gasteiger charge is 2.63. The summed E-state index contributed by atoms with van der Waals surface area (Å²) in [6, 6.07) is 5.32. The minimum absolute atomic E-state index is 0.125. The molecule has 1 aromatic carbocycles. The number of ether oxygens (including phenoxy) is 1. The molecule has 4 unspecified atom stereocenters. The van der Waals surface area contributed by atoms with E-state index in [0.717, 1.165) is 24.1 Å². The molecule has 28 heavy (non-hydrogen) atoms. The monoisotopic (exact) mass is 419 g/mol. The molecule has 3 fully saturated rings. The molecule has 4 atom stereocenters. The number of anilines is 1. The van der Waals surface area contributed by atoms with Crippen molar-refractivity contribution in [3.63, 3.8) is 0 Å². The summed E-state index contributed by atoms with van der Waals surface area (Å²) in [6.07, 6.45) is 1.45. The predicted octanol–water partition coefficient (Wildman–Crippen LogP) is 3.52. The average molecular weight is 420 g/mol. The smallest absolute Gasteiger partial charge is 0.240 e. The van der Waals surface area contributed by atoms with Crippen molar-refractivity contribution < 1.29 is 14.3 Å². The average Bonchev–Trinajstić information content (AvgIpc) is 3.37. The number of nitrogens with zero attached hydrogens (tertiary/aromatic N) is 3. The lowest BCUT2D eigenvalue weighted by Gasteiger charge is -2.18. The number of amides is 2. The van der Waals surface area contributed by atoms with Crippen molar-refractivity contribution in [1.29, 1.82) is 0 Å². The van der Waals surface area contributed by atoms with Crippen LogP contribution in [0.15, 0.2) is 18.2 Å². The molecular formula is C20H19Cl2N3O3. The summed E-state index contributed by atoms with van der Waals surface area (Å²) in [5.74, 6) is -1.01. The fraction of sp³-hybridized carbons (Fsp3) is 0.450. The maximum Gasteiger partial charge on any atom is 0.240 e. The number of imide groups is 1. The molecule has 2 bridgehead atoms. The number of aryl methyl sites for hydroxylation is 1. The third kappa shape index (κ3) is 2.48. The van der Waals surface area contributed by atoms with Gasteiger partial charge in [0, 0.05) is 10.0 Å². The van der Waals surface area contributed by atoms with E-state index in [0.29, 0.717) is 28.0 Å². The number of rotatable bonds is 3. The Balaban J connectivity index is 1.50. The Morgan fingerprint density at radius 2 is 1.75 bits per heavy atom. The maximum absolute atomic E-state index is 13.1. The largest absolute Gasteiger partial charge is 0.373 e. The van der Waals surface area contributed by atoms with Gasteiger partial charge in [0.25, 0.3) is 0 Å². The Morgan fingerprint density at radius 3 is 2.36 bits per heavy atom. The van der Waals surface area contributed by atoms with E-state index in [1.807, 2.05) is 19.9 Å². The molecular weight excluding hydrogens is 401 g/mol. The summed E-state index contributed by atoms with van der Waals surface area (Å²) >= 11 is 12.3. The van der Waals surface area contributed by atoms with Gasteiger partial charge in [0.15, 0.2) is 0 Å². The zero-order valence-corrected chi connectivity index (χ0v) is 17.0. The first-order valence-corrected chi connectivity index (χ1v) is 10.1. The number of aromatic nitrogens is 2. The van der Waals surface area contributed by atoms with Gasteiger partial charge in [-0.15, -0.1) is 0 Å². The van der Waals surface area contributed by atoms with E-state index >= 15 is 0 Å². The van der Waals surface area contributed by atoms with Crippen LogP contribution < -0.4 is 4.90 Å². The van der Waals surface area contributed by atoms with E-state index in [-0.39, 0.29) is 35.9 Å². The highest BCUT2D eigenvalue weighted by molar-refractivity contribution is 6.35. The molecule has 0 N–H and O–H groups in total. The topological polar surface area (TPSA) is 64.4 Å². The van der Waals surface area contributed by atoms with Crippen LogP contribution in [0.1, 0.15) is 29.8 Å². The standard InChI is InChI=1S/C20H19Cl2N3O3/c1-9-18(10(2)24(23-9)8-11-3-4-12(21)7-13(11)22)25-19(26)16-14-5-6-15(28-14)17(16)20(25)27/h3-4,7,14-17H,5-6,8H2,1-2H3. The summed E-state index contributed by atoms with van der Waals surface area (Å²) in [7, 11) is 0. The highest BCUT2D eigenvalue weighted by Crippen LogP contribution is 2.50. The van der Waals surface area contributed by atoms with Gasteiger partial charge in [-0.25, -0.2) is 4.90 Å². The molecule has 3 aliphatic heterocycles. The number of carbonyl (C=O) groups is 2. The molecule has 0 spiro atoms. The van der Waals surface area contributed by atoms with Gasteiger partial charge in [-0.2, -0.15) is 5.10 Å². The van der Waals surface area contributed by atoms with E-state index in [1.165, 1.54) is 4.90 Å². The quantitative estimate of drug-likeness (QED) is 0.713. The van der Waals surface area contributed by atoms with Crippen LogP contribution >= 0.6 is 23.2 Å². The molecule has 4 heterocycles. The number of carbonyl (C=O) groups excluding carboxylic acids is 2. The second-order valence-electron chi connectivity index (χ2n) is 7.77. The molecule has 146 valence electrons. The molecule has 2 amide bonds. The van der Waals surface area contributed by atoms with Gasteiger partial charge in [-0.1, -0.05) is 29.3 Å². The normalized spacial score (nSPS) is 28.5. The molecule has 1 aromatic heterocycles. The Bertz CT molecular complexity index is 990. The second kappa shape index (κ2) is 6.31. The third-order valence-electron chi connectivity index (χ3n) is 6.19. The first-order chi connectivity index (χ1) is 13.4. The van der Waals surface area contributed by atoms with Gasteiger partial charge in [0.2, 0.25) is 11.8 Å². The molecule has 0 saturated carbocycles.